The van der Waals surface area contributed by atoms with Crippen molar-refractivity contribution in [1.29, 1.82) is 0 Å². The highest BCUT2D eigenvalue weighted by molar-refractivity contribution is 5.49. The molecule has 0 radical (unpaired) electrons. The molecule has 2 heteroatoms. The molecule has 1 rings (SSSR count). The fraction of sp³-hybridized carbons (Fsp3) is 0.571. The number of nitrogens with zero attached hydrogens (tertiary/aromatic N) is 1. The van der Waals surface area contributed by atoms with Crippen molar-refractivity contribution in [3.05, 3.63) is 0 Å². The normalized spacial score (nSPS) is 25.7. The first-order valence-electron chi connectivity index (χ1n) is 3.05. The van der Waals surface area contributed by atoms with Crippen LogP contribution in [0.1, 0.15) is 12.8 Å². The Kier molecular flexibility index (Phi) is 1.74. The minimum Gasteiger partial charge on any atom is -0.331 e. The molecule has 1 aliphatic rings. The Labute approximate surface area is 54.8 Å². The molecule has 1 aliphatic heterocycles. The predicted molar refractivity (Wildman–Crippen MR) is 34.6 cm³/mol. The maximum absolute atomic E-state index is 10.2. The first kappa shape index (κ1) is 6.15. The van der Waals surface area contributed by atoms with Gasteiger partial charge in [-0.1, -0.05) is 5.92 Å². The molecule has 0 aromatic rings. The molecular weight excluding hydrogens is 114 g/mol. The highest BCUT2D eigenvalue weighted by atomic mass is 16.1. The number of carbonyl (C=O) groups excluding carboxylic acids is 1. The van der Waals surface area contributed by atoms with Gasteiger partial charge in [0.05, 0.1) is 6.04 Å². The predicted octanol–water partition coefficient (Wildman–Crippen LogP) is 0.240. The zero-order chi connectivity index (χ0) is 6.69. The molecule has 1 heterocycles. The lowest BCUT2D eigenvalue weighted by Crippen LogP contribution is -2.25. The Morgan fingerprint density at radius 2 is 2.56 bits per heavy atom. The van der Waals surface area contributed by atoms with E-state index in [0.717, 1.165) is 25.8 Å². The summed E-state index contributed by atoms with van der Waals surface area (Å²) in [6.45, 7) is 0.832. The van der Waals surface area contributed by atoms with E-state index in [2.05, 4.69) is 5.92 Å². The third-order valence-corrected chi connectivity index (χ3v) is 1.62. The van der Waals surface area contributed by atoms with Gasteiger partial charge in [0.2, 0.25) is 6.41 Å². The maximum Gasteiger partial charge on any atom is 0.210 e. The molecule has 1 fully saturated rings. The van der Waals surface area contributed by atoms with Crippen molar-refractivity contribution in [1.82, 2.24) is 4.90 Å². The van der Waals surface area contributed by atoms with E-state index < -0.39 is 0 Å². The molecule has 0 aromatic carbocycles. The first-order chi connectivity index (χ1) is 4.38. The SMILES string of the molecule is C#CC1CCCN1C=O. The quantitative estimate of drug-likeness (QED) is 0.361. The van der Waals surface area contributed by atoms with Crippen molar-refractivity contribution >= 4 is 6.41 Å². The maximum atomic E-state index is 10.2. The Morgan fingerprint density at radius 1 is 1.78 bits per heavy atom. The minimum absolute atomic E-state index is 0.0718. The molecule has 1 amide bonds. The van der Waals surface area contributed by atoms with Crippen LogP contribution < -0.4 is 0 Å². The van der Waals surface area contributed by atoms with Crippen molar-refractivity contribution < 1.29 is 4.79 Å². The van der Waals surface area contributed by atoms with Gasteiger partial charge in [-0.3, -0.25) is 4.79 Å². The molecule has 1 atom stereocenters. The zero-order valence-corrected chi connectivity index (χ0v) is 5.21. The lowest BCUT2D eigenvalue weighted by Gasteiger charge is -2.12. The zero-order valence-electron chi connectivity index (χ0n) is 5.21. The highest BCUT2D eigenvalue weighted by Gasteiger charge is 2.19. The smallest absolute Gasteiger partial charge is 0.210 e. The average molecular weight is 123 g/mol. The topological polar surface area (TPSA) is 20.3 Å². The fourth-order valence-electron chi connectivity index (χ4n) is 1.09. The largest absolute Gasteiger partial charge is 0.331 e. The fourth-order valence-corrected chi connectivity index (χ4v) is 1.09. The number of hydrogen-bond acceptors (Lipinski definition) is 1. The van der Waals surface area contributed by atoms with Gasteiger partial charge >= 0.3 is 0 Å². The average Bonchev–Trinajstić information content (AvgIpc) is 2.33. The van der Waals surface area contributed by atoms with Crippen molar-refractivity contribution in [2.45, 2.75) is 18.9 Å². The summed E-state index contributed by atoms with van der Waals surface area (Å²) in [7, 11) is 0. The van der Waals surface area contributed by atoms with Crippen LogP contribution in [-0.4, -0.2) is 23.9 Å². The minimum atomic E-state index is 0.0718. The molecule has 0 N–H and O–H groups in total. The summed E-state index contributed by atoms with van der Waals surface area (Å²) in [5.41, 5.74) is 0. The number of amides is 1. The van der Waals surface area contributed by atoms with Gasteiger partial charge in [-0.05, 0) is 12.8 Å². The van der Waals surface area contributed by atoms with Crippen LogP contribution in [0.2, 0.25) is 0 Å². The third-order valence-electron chi connectivity index (χ3n) is 1.62. The van der Waals surface area contributed by atoms with Gasteiger partial charge in [0.15, 0.2) is 0 Å². The Balaban J connectivity index is 2.53. The van der Waals surface area contributed by atoms with Crippen LogP contribution in [0.25, 0.3) is 0 Å². The highest BCUT2D eigenvalue weighted by Crippen LogP contribution is 2.12. The van der Waals surface area contributed by atoms with E-state index in [1.165, 1.54) is 0 Å². The lowest BCUT2D eigenvalue weighted by molar-refractivity contribution is -0.118. The Hall–Kier alpha value is -0.970. The molecule has 1 saturated heterocycles. The van der Waals surface area contributed by atoms with Gasteiger partial charge in [-0.15, -0.1) is 6.42 Å². The summed E-state index contributed by atoms with van der Waals surface area (Å²) in [4.78, 5) is 11.9. The number of likely N-dealkylation sites (tertiary alicyclic amines) is 1. The van der Waals surface area contributed by atoms with E-state index in [9.17, 15) is 4.79 Å². The van der Waals surface area contributed by atoms with Crippen molar-refractivity contribution in [2.24, 2.45) is 0 Å². The van der Waals surface area contributed by atoms with Crippen LogP contribution in [-0.2, 0) is 4.79 Å². The molecule has 0 bridgehead atoms. The molecule has 48 valence electrons. The number of hydrogen-bond donors (Lipinski definition) is 0. The second-order valence-electron chi connectivity index (χ2n) is 2.17. The summed E-state index contributed by atoms with van der Waals surface area (Å²) in [5.74, 6) is 2.56. The van der Waals surface area contributed by atoms with Gasteiger partial charge in [0, 0.05) is 6.54 Å². The summed E-state index contributed by atoms with van der Waals surface area (Å²) < 4.78 is 0. The molecule has 1 unspecified atom stereocenters. The van der Waals surface area contributed by atoms with E-state index in [1.807, 2.05) is 0 Å². The molecule has 0 spiro atoms. The van der Waals surface area contributed by atoms with E-state index in [4.69, 9.17) is 6.42 Å². The molecule has 0 saturated carbocycles. The standard InChI is InChI=1S/C7H9NO/c1-2-7-4-3-5-8(7)6-9/h1,6-7H,3-5H2. The van der Waals surface area contributed by atoms with Crippen LogP contribution >= 0.6 is 0 Å². The second-order valence-corrected chi connectivity index (χ2v) is 2.17. The van der Waals surface area contributed by atoms with Gasteiger partial charge in [0.1, 0.15) is 0 Å². The molecule has 0 aromatic heterocycles. The van der Waals surface area contributed by atoms with Crippen LogP contribution in [0.5, 0.6) is 0 Å². The van der Waals surface area contributed by atoms with Crippen molar-refractivity contribution in [2.75, 3.05) is 6.54 Å². The van der Waals surface area contributed by atoms with Crippen LogP contribution in [0.4, 0.5) is 0 Å². The molecule has 2 nitrogen and oxygen atoms in total. The molecule has 9 heavy (non-hydrogen) atoms. The lowest BCUT2D eigenvalue weighted by atomic mass is 10.2. The number of terminal acetylenes is 1. The van der Waals surface area contributed by atoms with Gasteiger partial charge in [-0.25, -0.2) is 0 Å². The Morgan fingerprint density at radius 3 is 3.00 bits per heavy atom. The third kappa shape index (κ3) is 1.05. The van der Waals surface area contributed by atoms with Gasteiger partial charge in [0.25, 0.3) is 0 Å². The van der Waals surface area contributed by atoms with Crippen molar-refractivity contribution in [3.63, 3.8) is 0 Å². The van der Waals surface area contributed by atoms with Gasteiger partial charge in [-0.2, -0.15) is 0 Å². The van der Waals surface area contributed by atoms with Crippen LogP contribution in [0, 0.1) is 12.3 Å². The second kappa shape index (κ2) is 2.54. The van der Waals surface area contributed by atoms with Crippen LogP contribution in [0.3, 0.4) is 0 Å². The number of carbonyl (C=O) groups is 1. The molecule has 0 aliphatic carbocycles. The van der Waals surface area contributed by atoms with E-state index in [0.29, 0.717) is 0 Å². The van der Waals surface area contributed by atoms with Crippen molar-refractivity contribution in [3.8, 4) is 12.3 Å². The first-order valence-corrected chi connectivity index (χ1v) is 3.05. The summed E-state index contributed by atoms with van der Waals surface area (Å²) in [5, 5.41) is 0. The monoisotopic (exact) mass is 123 g/mol. The van der Waals surface area contributed by atoms with E-state index in [1.54, 1.807) is 4.90 Å². The van der Waals surface area contributed by atoms with E-state index >= 15 is 0 Å². The number of rotatable bonds is 1. The Bertz CT molecular complexity index is 147. The van der Waals surface area contributed by atoms with Crippen LogP contribution in [0.15, 0.2) is 0 Å². The van der Waals surface area contributed by atoms with E-state index in [-0.39, 0.29) is 6.04 Å². The summed E-state index contributed by atoms with van der Waals surface area (Å²) in [6.07, 6.45) is 8.00. The summed E-state index contributed by atoms with van der Waals surface area (Å²) in [6, 6.07) is 0.0718. The summed E-state index contributed by atoms with van der Waals surface area (Å²) >= 11 is 0. The molecular formula is C7H9NO. The van der Waals surface area contributed by atoms with Gasteiger partial charge < -0.3 is 4.90 Å².